The molecule has 0 nitrogen and oxygen atoms in total. The maximum absolute atomic E-state index is 2.60. The normalized spacial score (nSPS) is 13.6. The lowest BCUT2D eigenvalue weighted by Crippen LogP contribution is -2.10. The van der Waals surface area contributed by atoms with Crippen molar-refractivity contribution in [2.75, 3.05) is 0 Å². The molecule has 1 aliphatic carbocycles. The minimum atomic E-state index is -0.150. The van der Waals surface area contributed by atoms with Crippen LogP contribution in [0.15, 0.2) is 200 Å². The minimum absolute atomic E-state index is 0.00507. The second-order valence-corrected chi connectivity index (χ2v) is 31.2. The van der Waals surface area contributed by atoms with E-state index in [-0.39, 0.29) is 27.1 Å². The van der Waals surface area contributed by atoms with Crippen LogP contribution in [0.1, 0.15) is 137 Å². The van der Waals surface area contributed by atoms with Gasteiger partial charge in [-0.15, -0.1) is 0 Å². The van der Waals surface area contributed by atoms with E-state index in [0.29, 0.717) is 0 Å². The monoisotopic (exact) mass is 1130 g/mol. The van der Waals surface area contributed by atoms with Gasteiger partial charge >= 0.3 is 0 Å². The summed E-state index contributed by atoms with van der Waals surface area (Å²) in [6.07, 6.45) is 2.60. The largest absolute Gasteiger partial charge is 0.0706 e. The number of allylic oxidation sites excluding steroid dienone is 1. The van der Waals surface area contributed by atoms with Gasteiger partial charge in [0, 0.05) is 0 Å². The molecule has 0 heterocycles. The van der Waals surface area contributed by atoms with Gasteiger partial charge in [-0.3, -0.25) is 0 Å². The Bertz CT molecular complexity index is 5130. The Morgan fingerprint density at radius 2 is 0.432 bits per heavy atom. The third-order valence-electron chi connectivity index (χ3n) is 20.2. The van der Waals surface area contributed by atoms with Crippen molar-refractivity contribution < 1.29 is 0 Å². The maximum Gasteiger partial charge on any atom is -0.0000257 e. The van der Waals surface area contributed by atoms with Crippen molar-refractivity contribution in [2.24, 2.45) is 5.41 Å². The van der Waals surface area contributed by atoms with Crippen LogP contribution in [-0.4, -0.2) is 0 Å². The molecule has 0 saturated carbocycles. The number of hydrogen-bond acceptors (Lipinski definition) is 0. The van der Waals surface area contributed by atoms with E-state index in [1.165, 1.54) is 191 Å². The van der Waals surface area contributed by atoms with Crippen molar-refractivity contribution in [2.45, 2.75) is 126 Å². The van der Waals surface area contributed by atoms with Gasteiger partial charge in [-0.1, -0.05) is 292 Å². The van der Waals surface area contributed by atoms with Crippen LogP contribution in [0.2, 0.25) is 0 Å². The fraction of sp³-hybridized carbons (Fsp3) is 0.227. The van der Waals surface area contributed by atoms with E-state index in [2.05, 4.69) is 304 Å². The molecule has 15 aromatic rings. The predicted octanol–water partition coefficient (Wildman–Crippen LogP) is 25.7. The second-order valence-electron chi connectivity index (χ2n) is 31.2. The Morgan fingerprint density at radius 3 is 0.705 bits per heavy atom. The molecule has 0 atom stereocenters. The first-order valence-corrected chi connectivity index (χ1v) is 32.2. The molecule has 88 heavy (non-hydrogen) atoms. The lowest BCUT2D eigenvalue weighted by atomic mass is 9.74. The fourth-order valence-electron chi connectivity index (χ4n) is 15.9. The lowest BCUT2D eigenvalue weighted by Gasteiger charge is -2.28. The molecule has 0 aromatic heterocycles. The maximum atomic E-state index is 2.60. The van der Waals surface area contributed by atoms with E-state index >= 15 is 0 Å². The summed E-state index contributed by atoms with van der Waals surface area (Å²) in [5, 5.41) is 26.6. The van der Waals surface area contributed by atoms with Crippen LogP contribution in [0, 0.1) is 5.41 Å². The molecule has 0 N–H and O–H groups in total. The van der Waals surface area contributed by atoms with Gasteiger partial charge in [0.2, 0.25) is 0 Å². The summed E-state index contributed by atoms with van der Waals surface area (Å²) in [5.41, 5.74) is 19.1. The molecule has 0 heteroatoms. The topological polar surface area (TPSA) is 0 Å². The Labute approximate surface area is 519 Å². The molecule has 0 aliphatic heterocycles. The van der Waals surface area contributed by atoms with E-state index in [4.69, 9.17) is 0 Å². The highest BCUT2D eigenvalue weighted by atomic mass is 14.4. The van der Waals surface area contributed by atoms with Crippen LogP contribution in [0.4, 0.5) is 0 Å². The van der Waals surface area contributed by atoms with Crippen LogP contribution >= 0.6 is 0 Å². The fourth-order valence-corrected chi connectivity index (χ4v) is 15.9. The van der Waals surface area contributed by atoms with Crippen molar-refractivity contribution in [3.63, 3.8) is 0 Å². The quantitative estimate of drug-likeness (QED) is 0.122. The first kappa shape index (κ1) is 54.5. The van der Waals surface area contributed by atoms with Gasteiger partial charge in [0.05, 0.1) is 0 Å². The predicted molar refractivity (Wildman–Crippen MR) is 387 cm³/mol. The molecule has 0 radical (unpaired) electrons. The molecular weight excluding hydrogens is 1060 g/mol. The van der Waals surface area contributed by atoms with E-state index in [1.807, 2.05) is 0 Å². The highest BCUT2D eigenvalue weighted by Crippen LogP contribution is 2.62. The molecule has 430 valence electrons. The number of rotatable bonds is 4. The molecule has 0 unspecified atom stereocenters. The summed E-state index contributed by atoms with van der Waals surface area (Å²) in [7, 11) is 0. The van der Waals surface area contributed by atoms with E-state index in [9.17, 15) is 0 Å². The Morgan fingerprint density at radius 1 is 0.205 bits per heavy atom. The van der Waals surface area contributed by atoms with Crippen LogP contribution in [0.5, 0.6) is 0 Å². The highest BCUT2D eigenvalue weighted by molar-refractivity contribution is 6.58. The summed E-state index contributed by atoms with van der Waals surface area (Å²) in [5.74, 6) is 0. The number of hydrogen-bond donors (Lipinski definition) is 0. The van der Waals surface area contributed by atoms with Crippen LogP contribution in [-0.2, 0) is 21.7 Å². The third-order valence-corrected chi connectivity index (χ3v) is 20.2. The second kappa shape index (κ2) is 18.4. The van der Waals surface area contributed by atoms with Gasteiger partial charge in [0.15, 0.2) is 0 Å². The average molecular weight is 1140 g/mol. The zero-order chi connectivity index (χ0) is 61.0. The van der Waals surface area contributed by atoms with Crippen molar-refractivity contribution in [1.29, 1.82) is 0 Å². The van der Waals surface area contributed by atoms with E-state index in [1.54, 1.807) is 0 Å². The third kappa shape index (κ3) is 7.89. The molecule has 1 aliphatic rings. The first-order valence-electron chi connectivity index (χ1n) is 32.2. The first-order chi connectivity index (χ1) is 41.8. The summed E-state index contributed by atoms with van der Waals surface area (Å²) in [4.78, 5) is 0. The standard InChI is InChI=1S/C88H78/c1-84(2,3)48-69-61-26-20-28-63-70(61)80-81-71-62(69)27-21-29-64(71)75-68(52-36-44-56(45-37-52)88(13,14)15)47-66(50-32-40-54(41-33-50)86(7,8)9)73-58-23-17-19-25-60(58)77(83(81)79(73)75)76-59-24-18-16-22-57(59)72-65(49-30-38-53(39-31-49)85(4,5)6)46-67(74(63)78(72)82(76)80)51-34-42-55(43-35-51)87(10,11)12/h16-48H,1-15H3. The average Bonchev–Trinajstić information content (AvgIpc) is 1.05. The summed E-state index contributed by atoms with van der Waals surface area (Å²) >= 11 is 0. The van der Waals surface area contributed by atoms with Crippen molar-refractivity contribution in [3.05, 3.63) is 234 Å². The van der Waals surface area contributed by atoms with Gasteiger partial charge in [0.25, 0.3) is 0 Å². The van der Waals surface area contributed by atoms with E-state index < -0.39 is 0 Å². The Hall–Kier alpha value is -8.84. The van der Waals surface area contributed by atoms with E-state index in [0.717, 1.165) is 0 Å². The van der Waals surface area contributed by atoms with Crippen LogP contribution in [0.3, 0.4) is 0 Å². The summed E-state index contributed by atoms with van der Waals surface area (Å²) in [6.45, 7) is 35.1. The van der Waals surface area contributed by atoms with Gasteiger partial charge < -0.3 is 0 Å². The minimum Gasteiger partial charge on any atom is -0.0706 e. The molecule has 0 spiro atoms. The lowest BCUT2D eigenvalue weighted by molar-refractivity contribution is 0.546. The van der Waals surface area contributed by atoms with Crippen molar-refractivity contribution in [3.8, 4) is 44.5 Å². The number of fused-ring (bicyclic) bond motifs is 9. The summed E-state index contributed by atoms with van der Waals surface area (Å²) < 4.78 is 0. The molecule has 0 bridgehead atoms. The van der Waals surface area contributed by atoms with Crippen molar-refractivity contribution >= 4 is 113 Å². The Kier molecular flexibility index (Phi) is 11.4. The highest BCUT2D eigenvalue weighted by Gasteiger charge is 2.35. The van der Waals surface area contributed by atoms with Crippen LogP contribution < -0.4 is 0 Å². The van der Waals surface area contributed by atoms with Gasteiger partial charge in [-0.2, -0.15) is 0 Å². The zero-order valence-corrected chi connectivity index (χ0v) is 54.1. The smallest absolute Gasteiger partial charge is 0.0000257 e. The Balaban J connectivity index is 1.24. The molecule has 15 aromatic carbocycles. The number of benzene rings is 15. The molecule has 16 rings (SSSR count). The molecule has 0 saturated heterocycles. The van der Waals surface area contributed by atoms with Gasteiger partial charge in [-0.05, 0) is 230 Å². The molecular formula is C88H78. The zero-order valence-electron chi connectivity index (χ0n) is 54.1. The SMILES string of the molecule is CC(C)(C)C=C1c2cccc3c4c(-c5ccc(C(C)(C)C)cc5)cc(-c5ccc(C(C)(C)C)cc5)c5c6ccccc6c6c7c8ccccc8c8c(-c9ccc(C(C)(C)C)cc9)cc(-c9ccc(C(C)(C)C)cc9)c9c%10cccc1c%10c(c(c23)c6c54)c7c89. The van der Waals surface area contributed by atoms with Gasteiger partial charge in [-0.25, -0.2) is 0 Å². The van der Waals surface area contributed by atoms with Gasteiger partial charge in [0.1, 0.15) is 0 Å². The van der Waals surface area contributed by atoms with Crippen LogP contribution in [0.25, 0.3) is 158 Å². The molecule has 0 amide bonds. The van der Waals surface area contributed by atoms with Crippen molar-refractivity contribution in [1.82, 2.24) is 0 Å². The molecule has 0 fully saturated rings. The summed E-state index contributed by atoms with van der Waals surface area (Å²) in [6, 6.07) is 77.2.